The Kier molecular flexibility index (Phi) is 4.75. The lowest BCUT2D eigenvalue weighted by Crippen LogP contribution is -2.50. The van der Waals surface area contributed by atoms with Crippen molar-refractivity contribution in [2.45, 2.75) is 63.6 Å². The summed E-state index contributed by atoms with van der Waals surface area (Å²) in [5.74, 6) is -2.03. The first kappa shape index (κ1) is 16.4. The van der Waals surface area contributed by atoms with Crippen molar-refractivity contribution in [1.82, 2.24) is 5.32 Å². The molecular weight excluding hydrogens is 264 g/mol. The van der Waals surface area contributed by atoms with Gasteiger partial charge in [0.05, 0.1) is 6.04 Å². The van der Waals surface area contributed by atoms with Crippen molar-refractivity contribution >= 4 is 17.8 Å². The van der Waals surface area contributed by atoms with Gasteiger partial charge < -0.3 is 20.9 Å². The Bertz CT molecular complexity index is 409. The van der Waals surface area contributed by atoms with E-state index in [1.165, 1.54) is 0 Å². The molecule has 0 aromatic rings. The first-order valence-electron chi connectivity index (χ1n) is 6.59. The van der Waals surface area contributed by atoms with Crippen molar-refractivity contribution in [2.75, 3.05) is 0 Å². The predicted molar refractivity (Wildman–Crippen MR) is 70.8 cm³/mol. The maximum atomic E-state index is 11.7. The van der Waals surface area contributed by atoms with Crippen LogP contribution in [0.15, 0.2) is 0 Å². The van der Waals surface area contributed by atoms with Crippen LogP contribution >= 0.6 is 0 Å². The fourth-order valence-electron chi connectivity index (χ4n) is 1.64. The minimum Gasteiger partial charge on any atom is -0.480 e. The molecule has 0 bridgehead atoms. The molecule has 0 radical (unpaired) electrons. The Morgan fingerprint density at radius 1 is 1.35 bits per heavy atom. The third-order valence-corrected chi connectivity index (χ3v) is 2.94. The molecule has 1 saturated carbocycles. The summed E-state index contributed by atoms with van der Waals surface area (Å²) in [6, 6.07) is -0.917. The second kappa shape index (κ2) is 5.78. The Labute approximate surface area is 117 Å². The van der Waals surface area contributed by atoms with Crippen LogP contribution in [0.5, 0.6) is 0 Å². The van der Waals surface area contributed by atoms with Crippen LogP contribution in [0.4, 0.5) is 0 Å². The standard InChI is InChI=1S/C13H22N2O5/c1-12(2,3)20-9(16)5-4-8(14)10(17)15-13(6-7-13)11(18)19/h8H,4-7,14H2,1-3H3,(H,15,17)(H,18,19)/t8-/m0/s1. The van der Waals surface area contributed by atoms with Crippen LogP contribution in [-0.4, -0.2) is 40.1 Å². The molecule has 1 atom stereocenters. The van der Waals surface area contributed by atoms with Crippen molar-refractivity contribution in [2.24, 2.45) is 5.73 Å². The largest absolute Gasteiger partial charge is 0.480 e. The molecule has 114 valence electrons. The van der Waals surface area contributed by atoms with Crippen molar-refractivity contribution in [1.29, 1.82) is 0 Å². The highest BCUT2D eigenvalue weighted by Crippen LogP contribution is 2.35. The van der Waals surface area contributed by atoms with Crippen LogP contribution in [0.2, 0.25) is 0 Å². The van der Waals surface area contributed by atoms with Crippen LogP contribution in [0.25, 0.3) is 0 Å². The summed E-state index contributed by atoms with van der Waals surface area (Å²) in [6.07, 6.45) is 0.960. The number of amides is 1. The number of esters is 1. The van der Waals surface area contributed by atoms with Gasteiger partial charge in [-0.05, 0) is 40.0 Å². The number of hydrogen-bond acceptors (Lipinski definition) is 5. The summed E-state index contributed by atoms with van der Waals surface area (Å²) < 4.78 is 5.10. The zero-order valence-electron chi connectivity index (χ0n) is 12.1. The Balaban J connectivity index is 2.36. The van der Waals surface area contributed by atoms with Gasteiger partial charge in [0.2, 0.25) is 5.91 Å². The number of aliphatic carboxylic acids is 1. The lowest BCUT2D eigenvalue weighted by atomic mass is 10.1. The molecular formula is C13H22N2O5. The molecule has 1 aliphatic rings. The summed E-state index contributed by atoms with van der Waals surface area (Å²) in [7, 11) is 0. The number of carboxylic acid groups (broad SMARTS) is 1. The summed E-state index contributed by atoms with van der Waals surface area (Å²) in [4.78, 5) is 34.2. The maximum Gasteiger partial charge on any atom is 0.329 e. The minimum absolute atomic E-state index is 0.0198. The number of nitrogens with two attached hydrogens (primary N) is 1. The highest BCUT2D eigenvalue weighted by molar-refractivity contribution is 5.91. The van der Waals surface area contributed by atoms with E-state index in [1.54, 1.807) is 20.8 Å². The Morgan fingerprint density at radius 3 is 2.30 bits per heavy atom. The monoisotopic (exact) mass is 286 g/mol. The van der Waals surface area contributed by atoms with Crippen LogP contribution < -0.4 is 11.1 Å². The van der Waals surface area contributed by atoms with Gasteiger partial charge >= 0.3 is 11.9 Å². The van der Waals surface area contributed by atoms with Gasteiger partial charge in [0.25, 0.3) is 0 Å². The second-order valence-electron chi connectivity index (χ2n) is 6.11. The van der Waals surface area contributed by atoms with Crippen LogP contribution in [0.3, 0.4) is 0 Å². The average molecular weight is 286 g/mol. The predicted octanol–water partition coefficient (Wildman–Crippen LogP) is 0.169. The lowest BCUT2D eigenvalue weighted by Gasteiger charge is -2.20. The lowest BCUT2D eigenvalue weighted by molar-refractivity contribution is -0.155. The summed E-state index contributed by atoms with van der Waals surface area (Å²) in [6.45, 7) is 5.25. The van der Waals surface area contributed by atoms with E-state index in [9.17, 15) is 14.4 Å². The van der Waals surface area contributed by atoms with Gasteiger partial charge in [-0.15, -0.1) is 0 Å². The van der Waals surface area contributed by atoms with Crippen molar-refractivity contribution < 1.29 is 24.2 Å². The van der Waals surface area contributed by atoms with Crippen LogP contribution in [-0.2, 0) is 19.1 Å². The molecule has 7 nitrogen and oxygen atoms in total. The fraction of sp³-hybridized carbons (Fsp3) is 0.769. The van der Waals surface area contributed by atoms with E-state index < -0.39 is 35.0 Å². The van der Waals surface area contributed by atoms with E-state index in [1.807, 2.05) is 0 Å². The van der Waals surface area contributed by atoms with Crippen molar-refractivity contribution in [3.63, 3.8) is 0 Å². The minimum atomic E-state index is -1.15. The molecule has 1 aliphatic carbocycles. The van der Waals surface area contributed by atoms with E-state index in [2.05, 4.69) is 5.32 Å². The van der Waals surface area contributed by atoms with Gasteiger partial charge in [-0.2, -0.15) is 0 Å². The van der Waals surface area contributed by atoms with E-state index in [4.69, 9.17) is 15.6 Å². The van der Waals surface area contributed by atoms with Crippen molar-refractivity contribution in [3.8, 4) is 0 Å². The molecule has 0 unspecified atom stereocenters. The molecule has 1 rings (SSSR count). The number of carbonyl (C=O) groups is 3. The topological polar surface area (TPSA) is 119 Å². The van der Waals surface area contributed by atoms with Gasteiger partial charge in [0, 0.05) is 6.42 Å². The second-order valence-corrected chi connectivity index (χ2v) is 6.11. The highest BCUT2D eigenvalue weighted by atomic mass is 16.6. The summed E-state index contributed by atoms with van der Waals surface area (Å²) in [5.41, 5.74) is 3.92. The molecule has 0 saturated heterocycles. The molecule has 1 amide bonds. The van der Waals surface area contributed by atoms with Gasteiger partial charge in [-0.3, -0.25) is 9.59 Å². The maximum absolute atomic E-state index is 11.7. The highest BCUT2D eigenvalue weighted by Gasteiger charge is 2.52. The van der Waals surface area contributed by atoms with E-state index in [0.29, 0.717) is 12.8 Å². The zero-order valence-corrected chi connectivity index (χ0v) is 12.1. The number of carboxylic acids is 1. The third-order valence-electron chi connectivity index (χ3n) is 2.94. The molecule has 4 N–H and O–H groups in total. The van der Waals surface area contributed by atoms with Gasteiger partial charge in [0.1, 0.15) is 11.1 Å². The van der Waals surface area contributed by atoms with Crippen LogP contribution in [0.1, 0.15) is 46.5 Å². The Morgan fingerprint density at radius 2 is 1.90 bits per heavy atom. The normalized spacial score (nSPS) is 18.0. The summed E-state index contributed by atoms with van der Waals surface area (Å²) >= 11 is 0. The molecule has 0 aromatic heterocycles. The fourth-order valence-corrected chi connectivity index (χ4v) is 1.64. The molecule has 7 heteroatoms. The number of rotatable bonds is 6. The quantitative estimate of drug-likeness (QED) is 0.599. The SMILES string of the molecule is CC(C)(C)OC(=O)CC[C@H](N)C(=O)NC1(C(=O)O)CC1. The number of hydrogen-bond donors (Lipinski definition) is 3. The van der Waals surface area contributed by atoms with Gasteiger partial charge in [0.15, 0.2) is 0 Å². The number of ether oxygens (including phenoxy) is 1. The van der Waals surface area contributed by atoms with E-state index in [-0.39, 0.29) is 12.8 Å². The Hall–Kier alpha value is -1.63. The third kappa shape index (κ3) is 4.80. The zero-order chi connectivity index (χ0) is 15.6. The molecule has 0 heterocycles. The molecule has 0 aliphatic heterocycles. The van der Waals surface area contributed by atoms with Gasteiger partial charge in [-0.1, -0.05) is 0 Å². The first-order chi connectivity index (χ1) is 9.06. The van der Waals surface area contributed by atoms with Gasteiger partial charge in [-0.25, -0.2) is 4.79 Å². The number of nitrogens with one attached hydrogen (secondary N) is 1. The molecule has 0 aromatic carbocycles. The summed E-state index contributed by atoms with van der Waals surface area (Å²) in [5, 5.41) is 11.4. The molecule has 0 spiro atoms. The van der Waals surface area contributed by atoms with E-state index in [0.717, 1.165) is 0 Å². The number of carbonyl (C=O) groups excluding carboxylic acids is 2. The smallest absolute Gasteiger partial charge is 0.329 e. The molecule has 20 heavy (non-hydrogen) atoms. The molecule has 1 fully saturated rings. The van der Waals surface area contributed by atoms with E-state index >= 15 is 0 Å². The van der Waals surface area contributed by atoms with Crippen LogP contribution in [0, 0.1) is 0 Å². The first-order valence-corrected chi connectivity index (χ1v) is 6.59. The average Bonchev–Trinajstić information content (AvgIpc) is 3.04. The van der Waals surface area contributed by atoms with Crippen molar-refractivity contribution in [3.05, 3.63) is 0 Å².